The molecule has 2 aliphatic rings. The van der Waals surface area contributed by atoms with E-state index in [1.54, 1.807) is 0 Å². The summed E-state index contributed by atoms with van der Waals surface area (Å²) in [7, 11) is -3.42. The van der Waals surface area contributed by atoms with E-state index in [9.17, 15) is 31.2 Å². The number of hydrogen-bond donors (Lipinski definition) is 1. The Labute approximate surface area is 172 Å². The molecule has 0 bridgehead atoms. The van der Waals surface area contributed by atoms with Gasteiger partial charge in [0, 0.05) is 11.7 Å². The highest BCUT2D eigenvalue weighted by molar-refractivity contribution is 8.16. The number of rotatable bonds is 4. The minimum Gasteiger partial charge on any atom is -0.481 e. The first-order valence-corrected chi connectivity index (χ1v) is 11.3. The number of amidine groups is 1. The number of carboxylic acid groups (broad SMARTS) is 1. The van der Waals surface area contributed by atoms with Gasteiger partial charge in [0.05, 0.1) is 40.2 Å². The number of sulfone groups is 1. The number of amides is 1. The van der Waals surface area contributed by atoms with Crippen molar-refractivity contribution in [3.05, 3.63) is 28.8 Å². The number of aliphatic imine (C=N–C) groups is 1. The average molecular weight is 471 g/mol. The van der Waals surface area contributed by atoms with Gasteiger partial charge in [-0.25, -0.2) is 8.42 Å². The van der Waals surface area contributed by atoms with Gasteiger partial charge < -0.3 is 10.0 Å². The first-order chi connectivity index (χ1) is 13.4. The van der Waals surface area contributed by atoms with E-state index in [1.165, 1.54) is 4.90 Å². The number of anilines is 1. The van der Waals surface area contributed by atoms with Crippen LogP contribution in [0.25, 0.3) is 0 Å². The summed E-state index contributed by atoms with van der Waals surface area (Å²) in [6.07, 6.45) is -5.50. The van der Waals surface area contributed by atoms with Crippen LogP contribution in [0.4, 0.5) is 18.9 Å². The maximum atomic E-state index is 13.2. The summed E-state index contributed by atoms with van der Waals surface area (Å²) in [6, 6.07) is 1.89. The topological polar surface area (TPSA) is 104 Å². The third kappa shape index (κ3) is 4.86. The van der Waals surface area contributed by atoms with Gasteiger partial charge in [0.2, 0.25) is 5.91 Å². The van der Waals surface area contributed by atoms with Crippen LogP contribution in [-0.2, 0) is 25.6 Å². The zero-order valence-electron chi connectivity index (χ0n) is 14.5. The zero-order chi connectivity index (χ0) is 21.6. The third-order valence-electron chi connectivity index (χ3n) is 4.37. The monoisotopic (exact) mass is 470 g/mol. The molecule has 2 heterocycles. The molecule has 29 heavy (non-hydrogen) atoms. The summed E-state index contributed by atoms with van der Waals surface area (Å²) < 4.78 is 63.5. The third-order valence-corrected chi connectivity index (χ3v) is 7.90. The molecule has 0 aliphatic carbocycles. The Hall–Kier alpha value is -1.79. The minimum atomic E-state index is -4.65. The SMILES string of the molecule is O=C(O)CCC(=O)N=C1S[C@@H]2CS(=O)(=O)C[C@@H]2N1c1cc(C(F)(F)F)ccc1Cl. The molecule has 2 aliphatic heterocycles. The number of nitrogens with zero attached hydrogens (tertiary/aromatic N) is 2. The minimum absolute atomic E-state index is 0.00603. The molecule has 1 aromatic carbocycles. The summed E-state index contributed by atoms with van der Waals surface area (Å²) >= 11 is 7.07. The van der Waals surface area contributed by atoms with Crippen LogP contribution in [0.3, 0.4) is 0 Å². The zero-order valence-corrected chi connectivity index (χ0v) is 16.9. The number of halogens is 4. The highest BCUT2D eigenvalue weighted by Gasteiger charge is 2.50. The van der Waals surface area contributed by atoms with Crippen molar-refractivity contribution in [1.82, 2.24) is 0 Å². The lowest BCUT2D eigenvalue weighted by Crippen LogP contribution is -2.38. The van der Waals surface area contributed by atoms with E-state index in [2.05, 4.69) is 4.99 Å². The van der Waals surface area contributed by atoms with Crippen molar-refractivity contribution in [2.45, 2.75) is 30.3 Å². The predicted molar refractivity (Wildman–Crippen MR) is 102 cm³/mol. The molecule has 0 unspecified atom stereocenters. The number of alkyl halides is 3. The molecule has 1 amide bonds. The van der Waals surface area contributed by atoms with Crippen LogP contribution in [0.2, 0.25) is 5.02 Å². The molecule has 2 atom stereocenters. The van der Waals surface area contributed by atoms with E-state index in [4.69, 9.17) is 16.7 Å². The number of carboxylic acids is 1. The van der Waals surface area contributed by atoms with Crippen LogP contribution in [0.1, 0.15) is 18.4 Å². The second-order valence-corrected chi connectivity index (χ2v) is 10.3. The summed E-state index contributed by atoms with van der Waals surface area (Å²) in [5.41, 5.74) is -1.09. The fraction of sp³-hybridized carbons (Fsp3) is 0.438. The van der Waals surface area contributed by atoms with Crippen molar-refractivity contribution in [3.8, 4) is 0 Å². The summed E-state index contributed by atoms with van der Waals surface area (Å²) in [5.74, 6) is -2.50. The molecular weight excluding hydrogens is 457 g/mol. The predicted octanol–water partition coefficient (Wildman–Crippen LogP) is 2.83. The Morgan fingerprint density at radius 3 is 2.59 bits per heavy atom. The number of thioether (sulfide) groups is 1. The molecule has 0 aromatic heterocycles. The van der Waals surface area contributed by atoms with Gasteiger partial charge in [-0.2, -0.15) is 18.2 Å². The molecule has 1 N–H and O–H groups in total. The molecule has 3 rings (SSSR count). The first-order valence-electron chi connectivity index (χ1n) is 8.24. The Morgan fingerprint density at radius 2 is 1.97 bits per heavy atom. The van der Waals surface area contributed by atoms with Crippen LogP contribution >= 0.6 is 23.4 Å². The van der Waals surface area contributed by atoms with E-state index in [0.29, 0.717) is 0 Å². The maximum Gasteiger partial charge on any atom is 0.416 e. The molecule has 2 saturated heterocycles. The van der Waals surface area contributed by atoms with Crippen molar-refractivity contribution in [3.63, 3.8) is 0 Å². The van der Waals surface area contributed by atoms with Gasteiger partial charge in [-0.05, 0) is 18.2 Å². The molecule has 0 saturated carbocycles. The van der Waals surface area contributed by atoms with E-state index < -0.39 is 57.6 Å². The molecule has 1 aromatic rings. The van der Waals surface area contributed by atoms with E-state index in [1.807, 2.05) is 0 Å². The Bertz CT molecular complexity index is 997. The standard InChI is InChI=1S/C16H14ClF3N2O5S2/c17-9-2-1-8(16(18,19)20)5-10(9)22-11-6-29(26,27)7-12(11)28-15(22)21-13(23)3-4-14(24)25/h1-2,5,11-12H,3-4,6-7H2,(H,24,25)/t11-,12+/m0/s1. The van der Waals surface area contributed by atoms with Gasteiger partial charge >= 0.3 is 12.1 Å². The largest absolute Gasteiger partial charge is 0.481 e. The number of benzene rings is 1. The van der Waals surface area contributed by atoms with Gasteiger partial charge in [-0.1, -0.05) is 23.4 Å². The Balaban J connectivity index is 2.03. The van der Waals surface area contributed by atoms with Crippen LogP contribution < -0.4 is 4.90 Å². The highest BCUT2D eigenvalue weighted by atomic mass is 35.5. The van der Waals surface area contributed by atoms with Crippen molar-refractivity contribution >= 4 is 55.9 Å². The highest BCUT2D eigenvalue weighted by Crippen LogP contribution is 2.44. The maximum absolute atomic E-state index is 13.2. The van der Waals surface area contributed by atoms with E-state index in [-0.39, 0.29) is 27.4 Å². The number of aliphatic carboxylic acids is 1. The van der Waals surface area contributed by atoms with Crippen LogP contribution in [0.5, 0.6) is 0 Å². The number of hydrogen-bond acceptors (Lipinski definition) is 5. The van der Waals surface area contributed by atoms with Crippen molar-refractivity contribution in [1.29, 1.82) is 0 Å². The normalized spacial score (nSPS) is 24.7. The molecule has 158 valence electrons. The lowest BCUT2D eigenvalue weighted by Gasteiger charge is -2.26. The fourth-order valence-corrected chi connectivity index (χ4v) is 7.23. The lowest BCUT2D eigenvalue weighted by atomic mass is 10.1. The number of fused-ring (bicyclic) bond motifs is 1. The van der Waals surface area contributed by atoms with E-state index in [0.717, 1.165) is 30.0 Å². The first kappa shape index (κ1) is 21.9. The molecule has 7 nitrogen and oxygen atoms in total. The van der Waals surface area contributed by atoms with Crippen LogP contribution in [0, 0.1) is 0 Å². The molecular formula is C16H14ClF3N2O5S2. The van der Waals surface area contributed by atoms with Gasteiger partial charge in [0.25, 0.3) is 0 Å². The molecule has 0 spiro atoms. The smallest absolute Gasteiger partial charge is 0.416 e. The summed E-state index contributed by atoms with van der Waals surface area (Å²) in [4.78, 5) is 27.7. The Kier molecular flexibility index (Phi) is 5.89. The van der Waals surface area contributed by atoms with Gasteiger partial charge in [-0.3, -0.25) is 9.59 Å². The lowest BCUT2D eigenvalue weighted by molar-refractivity contribution is -0.138. The van der Waals surface area contributed by atoms with Crippen molar-refractivity contribution < 1.29 is 36.3 Å². The molecule has 2 fully saturated rings. The average Bonchev–Trinajstić information content (AvgIpc) is 3.03. The summed E-state index contributed by atoms with van der Waals surface area (Å²) in [6.45, 7) is 0. The molecule has 13 heteroatoms. The van der Waals surface area contributed by atoms with E-state index >= 15 is 0 Å². The summed E-state index contributed by atoms with van der Waals surface area (Å²) in [5, 5.41) is 8.09. The van der Waals surface area contributed by atoms with Crippen molar-refractivity contribution in [2.24, 2.45) is 4.99 Å². The van der Waals surface area contributed by atoms with Crippen LogP contribution in [-0.4, -0.2) is 53.4 Å². The second kappa shape index (κ2) is 7.80. The number of carbonyl (C=O) groups is 2. The fourth-order valence-electron chi connectivity index (χ4n) is 3.10. The molecule has 0 radical (unpaired) electrons. The van der Waals surface area contributed by atoms with Gasteiger partial charge in [0.15, 0.2) is 15.0 Å². The van der Waals surface area contributed by atoms with Gasteiger partial charge in [0.1, 0.15) is 0 Å². The van der Waals surface area contributed by atoms with Crippen molar-refractivity contribution in [2.75, 3.05) is 16.4 Å². The second-order valence-electron chi connectivity index (χ2n) is 6.52. The van der Waals surface area contributed by atoms with Crippen LogP contribution in [0.15, 0.2) is 23.2 Å². The Morgan fingerprint density at radius 1 is 1.28 bits per heavy atom. The van der Waals surface area contributed by atoms with Gasteiger partial charge in [-0.15, -0.1) is 0 Å². The quantitative estimate of drug-likeness (QED) is 0.721. The number of carbonyl (C=O) groups excluding carboxylic acids is 1.